The summed E-state index contributed by atoms with van der Waals surface area (Å²) in [7, 11) is 0. The molecule has 0 radical (unpaired) electrons. The molecule has 2 rings (SSSR count). The van der Waals surface area contributed by atoms with Crippen LogP contribution in [0.2, 0.25) is 0 Å². The van der Waals surface area contributed by atoms with E-state index >= 15 is 0 Å². The highest BCUT2D eigenvalue weighted by atomic mass is 15.5. The second kappa shape index (κ2) is 7.46. The summed E-state index contributed by atoms with van der Waals surface area (Å²) in [5, 5.41) is 15.3. The first-order valence-electron chi connectivity index (χ1n) is 7.36. The van der Waals surface area contributed by atoms with Crippen molar-refractivity contribution in [3.05, 3.63) is 5.82 Å². The fourth-order valence-electron chi connectivity index (χ4n) is 2.73. The Kier molecular flexibility index (Phi) is 5.58. The number of hydrogen-bond acceptors (Lipinski definition) is 4. The van der Waals surface area contributed by atoms with Gasteiger partial charge in [0.15, 0.2) is 5.82 Å². The Hall–Kier alpha value is -0.970. The van der Waals surface area contributed by atoms with Crippen LogP contribution in [-0.2, 0) is 13.1 Å². The third-order valence-corrected chi connectivity index (χ3v) is 3.77. The number of rotatable bonds is 8. The zero-order chi connectivity index (χ0) is 12.6. The molecule has 1 aliphatic carbocycles. The van der Waals surface area contributed by atoms with Gasteiger partial charge < -0.3 is 5.32 Å². The third kappa shape index (κ3) is 4.05. The normalized spacial score (nSPS) is 16.5. The zero-order valence-electron chi connectivity index (χ0n) is 11.4. The lowest BCUT2D eigenvalue weighted by Gasteiger charge is -2.09. The van der Waals surface area contributed by atoms with E-state index < -0.39 is 0 Å². The van der Waals surface area contributed by atoms with Crippen LogP contribution < -0.4 is 5.32 Å². The van der Waals surface area contributed by atoms with Gasteiger partial charge in [-0.25, -0.2) is 4.68 Å². The molecule has 1 aromatic heterocycles. The molecule has 18 heavy (non-hydrogen) atoms. The average molecular weight is 251 g/mol. The van der Waals surface area contributed by atoms with Crippen molar-refractivity contribution in [3.8, 4) is 0 Å². The average Bonchev–Trinajstić information content (AvgIpc) is 3.02. The Bertz CT molecular complexity index is 330. The van der Waals surface area contributed by atoms with Crippen molar-refractivity contribution in [2.45, 2.75) is 65.0 Å². The SMILES string of the molecule is CCCNCc1nnnn1CCCC1CCCC1. The fraction of sp³-hybridized carbons (Fsp3) is 0.923. The summed E-state index contributed by atoms with van der Waals surface area (Å²) >= 11 is 0. The van der Waals surface area contributed by atoms with E-state index in [1.165, 1.54) is 38.5 Å². The Morgan fingerprint density at radius 3 is 2.94 bits per heavy atom. The molecule has 5 nitrogen and oxygen atoms in total. The summed E-state index contributed by atoms with van der Waals surface area (Å²) in [4.78, 5) is 0. The van der Waals surface area contributed by atoms with Crippen molar-refractivity contribution < 1.29 is 0 Å². The van der Waals surface area contributed by atoms with Crippen molar-refractivity contribution in [2.75, 3.05) is 6.54 Å². The highest BCUT2D eigenvalue weighted by molar-refractivity contribution is 4.79. The third-order valence-electron chi connectivity index (χ3n) is 3.77. The first kappa shape index (κ1) is 13.5. The zero-order valence-corrected chi connectivity index (χ0v) is 11.4. The van der Waals surface area contributed by atoms with Crippen LogP contribution in [0.3, 0.4) is 0 Å². The van der Waals surface area contributed by atoms with E-state index in [-0.39, 0.29) is 0 Å². The van der Waals surface area contributed by atoms with Gasteiger partial charge >= 0.3 is 0 Å². The molecule has 0 atom stereocenters. The van der Waals surface area contributed by atoms with Crippen LogP contribution in [0.5, 0.6) is 0 Å². The molecule has 0 aromatic carbocycles. The summed E-state index contributed by atoms with van der Waals surface area (Å²) in [5.41, 5.74) is 0. The van der Waals surface area contributed by atoms with E-state index in [2.05, 4.69) is 27.8 Å². The maximum Gasteiger partial charge on any atom is 0.165 e. The predicted octanol–water partition coefficient (Wildman–Crippen LogP) is 2.14. The summed E-state index contributed by atoms with van der Waals surface area (Å²) < 4.78 is 1.96. The summed E-state index contributed by atoms with van der Waals surface area (Å²) in [6.07, 6.45) is 9.41. The molecule has 1 aliphatic rings. The second-order valence-corrected chi connectivity index (χ2v) is 5.29. The van der Waals surface area contributed by atoms with E-state index in [1.807, 2.05) is 4.68 Å². The van der Waals surface area contributed by atoms with Crippen LogP contribution in [-0.4, -0.2) is 26.8 Å². The van der Waals surface area contributed by atoms with E-state index in [4.69, 9.17) is 0 Å². The Balaban J connectivity index is 1.69. The maximum atomic E-state index is 4.08. The van der Waals surface area contributed by atoms with Crippen LogP contribution in [0, 0.1) is 5.92 Å². The molecule has 1 N–H and O–H groups in total. The highest BCUT2D eigenvalue weighted by Gasteiger charge is 2.14. The van der Waals surface area contributed by atoms with E-state index in [0.29, 0.717) is 0 Å². The molecule has 0 unspecified atom stereocenters. The summed E-state index contributed by atoms with van der Waals surface area (Å²) in [6.45, 7) is 4.93. The molecule has 0 spiro atoms. The Labute approximate surface area is 109 Å². The van der Waals surface area contributed by atoms with Crippen LogP contribution in [0.1, 0.15) is 57.7 Å². The quantitative estimate of drug-likeness (QED) is 0.719. The van der Waals surface area contributed by atoms with Gasteiger partial charge in [-0.15, -0.1) is 5.10 Å². The first-order chi connectivity index (χ1) is 8.90. The van der Waals surface area contributed by atoms with Crippen LogP contribution in [0.25, 0.3) is 0 Å². The number of nitrogens with one attached hydrogen (secondary N) is 1. The number of nitrogens with zero attached hydrogens (tertiary/aromatic N) is 4. The molecule has 1 heterocycles. The molecule has 5 heteroatoms. The van der Waals surface area contributed by atoms with Crippen molar-refractivity contribution >= 4 is 0 Å². The number of tetrazole rings is 1. The second-order valence-electron chi connectivity index (χ2n) is 5.29. The van der Waals surface area contributed by atoms with E-state index in [9.17, 15) is 0 Å². The van der Waals surface area contributed by atoms with E-state index in [1.54, 1.807) is 0 Å². The molecule has 0 aliphatic heterocycles. The highest BCUT2D eigenvalue weighted by Crippen LogP contribution is 2.28. The largest absolute Gasteiger partial charge is 0.310 e. The minimum absolute atomic E-state index is 0.782. The monoisotopic (exact) mass is 251 g/mol. The van der Waals surface area contributed by atoms with Crippen molar-refractivity contribution in [3.63, 3.8) is 0 Å². The van der Waals surface area contributed by atoms with Gasteiger partial charge in [-0.3, -0.25) is 0 Å². The Morgan fingerprint density at radius 1 is 1.33 bits per heavy atom. The topological polar surface area (TPSA) is 55.6 Å². The van der Waals surface area contributed by atoms with E-state index in [0.717, 1.165) is 37.8 Å². The first-order valence-corrected chi connectivity index (χ1v) is 7.36. The van der Waals surface area contributed by atoms with Crippen molar-refractivity contribution in [1.29, 1.82) is 0 Å². The lowest BCUT2D eigenvalue weighted by molar-refractivity contribution is 0.433. The van der Waals surface area contributed by atoms with Gasteiger partial charge in [-0.05, 0) is 42.2 Å². The minimum Gasteiger partial charge on any atom is -0.310 e. The van der Waals surface area contributed by atoms with Crippen molar-refractivity contribution in [2.24, 2.45) is 5.92 Å². The molecule has 0 amide bonds. The number of hydrogen-bond donors (Lipinski definition) is 1. The summed E-state index contributed by atoms with van der Waals surface area (Å²) in [6, 6.07) is 0. The fourth-order valence-corrected chi connectivity index (χ4v) is 2.73. The Morgan fingerprint density at radius 2 is 2.17 bits per heavy atom. The van der Waals surface area contributed by atoms with Gasteiger partial charge in [-0.2, -0.15) is 0 Å². The number of aromatic nitrogens is 4. The van der Waals surface area contributed by atoms with Crippen molar-refractivity contribution in [1.82, 2.24) is 25.5 Å². The van der Waals surface area contributed by atoms with Gasteiger partial charge in [0, 0.05) is 6.54 Å². The molecule has 1 saturated carbocycles. The van der Waals surface area contributed by atoms with Gasteiger partial charge in [0.2, 0.25) is 0 Å². The van der Waals surface area contributed by atoms with Gasteiger partial charge in [0.1, 0.15) is 0 Å². The molecule has 102 valence electrons. The predicted molar refractivity (Wildman–Crippen MR) is 71.0 cm³/mol. The lowest BCUT2D eigenvalue weighted by Crippen LogP contribution is -2.18. The standard InChI is InChI=1S/C13H25N5/c1-2-9-14-11-13-15-16-17-18(13)10-5-8-12-6-3-4-7-12/h12,14H,2-11H2,1H3. The molecule has 0 bridgehead atoms. The molecule has 1 fully saturated rings. The van der Waals surface area contributed by atoms with Gasteiger partial charge in [0.25, 0.3) is 0 Å². The maximum absolute atomic E-state index is 4.08. The van der Waals surface area contributed by atoms with Crippen LogP contribution in [0.4, 0.5) is 0 Å². The van der Waals surface area contributed by atoms with Gasteiger partial charge in [0.05, 0.1) is 6.54 Å². The summed E-state index contributed by atoms with van der Waals surface area (Å²) in [5.74, 6) is 1.93. The molecule has 0 saturated heterocycles. The smallest absolute Gasteiger partial charge is 0.165 e. The van der Waals surface area contributed by atoms with Gasteiger partial charge in [-0.1, -0.05) is 32.6 Å². The molecular formula is C13H25N5. The molecular weight excluding hydrogens is 226 g/mol. The van der Waals surface area contributed by atoms with Crippen LogP contribution >= 0.6 is 0 Å². The lowest BCUT2D eigenvalue weighted by atomic mass is 10.0. The molecule has 1 aromatic rings. The minimum atomic E-state index is 0.782. The van der Waals surface area contributed by atoms with Crippen LogP contribution in [0.15, 0.2) is 0 Å². The number of aryl methyl sites for hydroxylation is 1.